The molecule has 94 valence electrons. The minimum atomic E-state index is -0.0980. The molecule has 1 rings (SSSR count). The van der Waals surface area contributed by atoms with E-state index < -0.39 is 0 Å². The van der Waals surface area contributed by atoms with Crippen LogP contribution in [0.5, 0.6) is 0 Å². The van der Waals surface area contributed by atoms with Gasteiger partial charge in [-0.2, -0.15) is 0 Å². The van der Waals surface area contributed by atoms with Gasteiger partial charge in [-0.15, -0.1) is 0 Å². The summed E-state index contributed by atoms with van der Waals surface area (Å²) in [6.07, 6.45) is 0. The number of carbonyl (C=O) groups is 1. The van der Waals surface area contributed by atoms with Crippen LogP contribution in [0, 0.1) is 0 Å². The van der Waals surface area contributed by atoms with Crippen molar-refractivity contribution in [2.24, 2.45) is 0 Å². The molecule has 3 nitrogen and oxygen atoms in total. The summed E-state index contributed by atoms with van der Waals surface area (Å²) in [7, 11) is 0. The minimum absolute atomic E-state index is 0.000192. The number of hydrogen-bond acceptors (Lipinski definition) is 2. The Hall–Kier alpha value is -0.390. The van der Waals surface area contributed by atoms with Gasteiger partial charge in [0, 0.05) is 27.2 Å². The lowest BCUT2D eigenvalue weighted by atomic mass is 10.2. The Morgan fingerprint density at radius 1 is 1.35 bits per heavy atom. The predicted octanol–water partition coefficient (Wildman–Crippen LogP) is 3.37. The van der Waals surface area contributed by atoms with Crippen LogP contribution in [0.2, 0.25) is 0 Å². The Morgan fingerprint density at radius 2 is 1.94 bits per heavy atom. The van der Waals surface area contributed by atoms with Crippen LogP contribution in [0.3, 0.4) is 0 Å². The van der Waals surface area contributed by atoms with Crippen molar-refractivity contribution in [1.29, 1.82) is 0 Å². The van der Waals surface area contributed by atoms with Crippen molar-refractivity contribution >= 4 is 37.8 Å². The average Bonchev–Trinajstić information content (AvgIpc) is 2.25. The number of benzene rings is 1. The number of amides is 1. The van der Waals surface area contributed by atoms with Crippen LogP contribution in [-0.2, 0) is 4.74 Å². The van der Waals surface area contributed by atoms with Gasteiger partial charge in [0.15, 0.2) is 0 Å². The van der Waals surface area contributed by atoms with Crippen molar-refractivity contribution in [3.05, 3.63) is 32.7 Å². The summed E-state index contributed by atoms with van der Waals surface area (Å²) in [5.41, 5.74) is 0.620. The van der Waals surface area contributed by atoms with Crippen molar-refractivity contribution in [1.82, 2.24) is 5.32 Å². The quantitative estimate of drug-likeness (QED) is 0.869. The summed E-state index contributed by atoms with van der Waals surface area (Å²) in [6, 6.07) is 5.46. The smallest absolute Gasteiger partial charge is 0.251 e. The molecule has 0 aromatic heterocycles. The lowest BCUT2D eigenvalue weighted by molar-refractivity contribution is 0.0872. The van der Waals surface area contributed by atoms with Crippen molar-refractivity contribution in [3.63, 3.8) is 0 Å². The van der Waals surface area contributed by atoms with Gasteiger partial charge in [0.1, 0.15) is 0 Å². The molecule has 0 aliphatic carbocycles. The fourth-order valence-corrected chi connectivity index (χ4v) is 2.62. The molecule has 0 heterocycles. The Bertz CT molecular complexity index is 376. The van der Waals surface area contributed by atoms with Gasteiger partial charge in [0.2, 0.25) is 0 Å². The monoisotopic (exact) mass is 363 g/mol. The van der Waals surface area contributed by atoms with Crippen molar-refractivity contribution in [3.8, 4) is 0 Å². The molecule has 0 bridgehead atoms. The van der Waals surface area contributed by atoms with E-state index in [0.717, 1.165) is 8.95 Å². The van der Waals surface area contributed by atoms with Gasteiger partial charge in [-0.1, -0.05) is 31.9 Å². The minimum Gasteiger partial charge on any atom is -0.380 e. The third-order valence-electron chi connectivity index (χ3n) is 2.07. The molecular weight excluding hydrogens is 350 g/mol. The van der Waals surface area contributed by atoms with Crippen LogP contribution in [-0.4, -0.2) is 25.2 Å². The van der Waals surface area contributed by atoms with Crippen molar-refractivity contribution in [2.75, 3.05) is 13.2 Å². The van der Waals surface area contributed by atoms with E-state index >= 15 is 0 Å². The van der Waals surface area contributed by atoms with E-state index in [0.29, 0.717) is 18.8 Å². The zero-order chi connectivity index (χ0) is 12.8. The van der Waals surface area contributed by atoms with Gasteiger partial charge in [0.25, 0.3) is 5.91 Å². The van der Waals surface area contributed by atoms with E-state index in [-0.39, 0.29) is 11.9 Å². The van der Waals surface area contributed by atoms with Crippen LogP contribution in [0.25, 0.3) is 0 Å². The molecule has 0 spiro atoms. The van der Waals surface area contributed by atoms with Gasteiger partial charge in [-0.25, -0.2) is 0 Å². The second-order valence-corrected chi connectivity index (χ2v) is 5.52. The number of nitrogens with one attached hydrogen (secondary N) is 1. The third-order valence-corrected chi connectivity index (χ3v) is 2.99. The van der Waals surface area contributed by atoms with Crippen molar-refractivity contribution < 1.29 is 9.53 Å². The summed E-state index contributed by atoms with van der Waals surface area (Å²) in [4.78, 5) is 11.9. The largest absolute Gasteiger partial charge is 0.380 e. The zero-order valence-corrected chi connectivity index (χ0v) is 13.0. The number of hydrogen-bond donors (Lipinski definition) is 1. The standard InChI is InChI=1S/C12H15Br2NO2/c1-3-17-7-8(2)15-12(16)9-4-10(13)6-11(14)5-9/h4-6,8H,3,7H2,1-2H3,(H,15,16). The molecule has 0 aliphatic rings. The highest BCUT2D eigenvalue weighted by atomic mass is 79.9. The SMILES string of the molecule is CCOCC(C)NC(=O)c1cc(Br)cc(Br)c1. The summed E-state index contributed by atoms with van der Waals surface area (Å²) < 4.78 is 6.99. The van der Waals surface area contributed by atoms with E-state index in [9.17, 15) is 4.79 Å². The van der Waals surface area contributed by atoms with Crippen LogP contribution >= 0.6 is 31.9 Å². The van der Waals surface area contributed by atoms with E-state index in [1.165, 1.54) is 0 Å². The summed E-state index contributed by atoms with van der Waals surface area (Å²) in [5, 5.41) is 2.88. The van der Waals surface area contributed by atoms with E-state index in [4.69, 9.17) is 4.74 Å². The normalized spacial score (nSPS) is 12.2. The number of ether oxygens (including phenoxy) is 1. The summed E-state index contributed by atoms with van der Waals surface area (Å²) in [6.45, 7) is 5.03. The summed E-state index contributed by atoms with van der Waals surface area (Å²) in [5.74, 6) is -0.0980. The Kier molecular flexibility index (Phi) is 6.16. The van der Waals surface area contributed by atoms with Gasteiger partial charge in [-0.3, -0.25) is 4.79 Å². The molecule has 1 N–H and O–H groups in total. The fourth-order valence-electron chi connectivity index (χ4n) is 1.33. The second kappa shape index (κ2) is 7.13. The first-order chi connectivity index (χ1) is 8.02. The molecular formula is C12H15Br2NO2. The maximum absolute atomic E-state index is 11.9. The number of rotatable bonds is 5. The molecule has 1 aromatic rings. The molecule has 0 saturated carbocycles. The molecule has 1 amide bonds. The van der Waals surface area contributed by atoms with Gasteiger partial charge in [-0.05, 0) is 32.0 Å². The molecule has 0 aliphatic heterocycles. The first-order valence-corrected chi connectivity index (χ1v) is 6.96. The van der Waals surface area contributed by atoms with Gasteiger partial charge >= 0.3 is 0 Å². The maximum atomic E-state index is 11.9. The fraction of sp³-hybridized carbons (Fsp3) is 0.417. The van der Waals surface area contributed by atoms with Crippen LogP contribution in [0.1, 0.15) is 24.2 Å². The first-order valence-electron chi connectivity index (χ1n) is 5.37. The highest BCUT2D eigenvalue weighted by molar-refractivity contribution is 9.11. The van der Waals surface area contributed by atoms with Crippen LogP contribution in [0.15, 0.2) is 27.1 Å². The Labute approximate surface area is 118 Å². The molecule has 0 radical (unpaired) electrons. The third kappa shape index (κ3) is 5.19. The zero-order valence-electron chi connectivity index (χ0n) is 9.80. The summed E-state index contributed by atoms with van der Waals surface area (Å²) >= 11 is 6.71. The molecule has 1 aromatic carbocycles. The highest BCUT2D eigenvalue weighted by Gasteiger charge is 2.10. The van der Waals surface area contributed by atoms with E-state index in [1.54, 1.807) is 12.1 Å². The predicted molar refractivity (Wildman–Crippen MR) is 75.3 cm³/mol. The molecule has 0 fully saturated rings. The van der Waals surface area contributed by atoms with E-state index in [1.807, 2.05) is 19.9 Å². The highest BCUT2D eigenvalue weighted by Crippen LogP contribution is 2.20. The average molecular weight is 365 g/mol. The Balaban J connectivity index is 2.63. The topological polar surface area (TPSA) is 38.3 Å². The lowest BCUT2D eigenvalue weighted by Gasteiger charge is -2.13. The lowest BCUT2D eigenvalue weighted by Crippen LogP contribution is -2.35. The number of carbonyl (C=O) groups excluding carboxylic acids is 1. The maximum Gasteiger partial charge on any atom is 0.251 e. The molecule has 0 saturated heterocycles. The van der Waals surface area contributed by atoms with E-state index in [2.05, 4.69) is 37.2 Å². The van der Waals surface area contributed by atoms with Crippen LogP contribution < -0.4 is 5.32 Å². The van der Waals surface area contributed by atoms with Crippen LogP contribution in [0.4, 0.5) is 0 Å². The van der Waals surface area contributed by atoms with Gasteiger partial charge in [0.05, 0.1) is 6.61 Å². The van der Waals surface area contributed by atoms with Gasteiger partial charge < -0.3 is 10.1 Å². The second-order valence-electron chi connectivity index (χ2n) is 3.69. The Morgan fingerprint density at radius 3 is 2.47 bits per heavy atom. The molecule has 5 heteroatoms. The van der Waals surface area contributed by atoms with Crippen molar-refractivity contribution in [2.45, 2.75) is 19.9 Å². The molecule has 1 atom stereocenters. The molecule has 1 unspecified atom stereocenters. The number of halogens is 2. The molecule has 17 heavy (non-hydrogen) atoms. The first kappa shape index (κ1) is 14.7.